The third-order valence-corrected chi connectivity index (χ3v) is 4.73. The van der Waals surface area contributed by atoms with Crippen LogP contribution in [0.1, 0.15) is 48.6 Å². The molecule has 0 fully saturated rings. The largest absolute Gasteiger partial charge is 0.310 e. The number of thiazole rings is 1. The highest BCUT2D eigenvalue weighted by atomic mass is 32.1. The number of aromatic amines is 1. The van der Waals surface area contributed by atoms with E-state index in [2.05, 4.69) is 41.0 Å². The van der Waals surface area contributed by atoms with Crippen molar-refractivity contribution in [2.24, 2.45) is 0 Å². The Balaban J connectivity index is 1.83. The van der Waals surface area contributed by atoms with Gasteiger partial charge in [-0.25, -0.2) is 9.97 Å². The lowest BCUT2D eigenvalue weighted by Gasteiger charge is -2.28. The second kappa shape index (κ2) is 5.59. The van der Waals surface area contributed by atoms with Gasteiger partial charge in [-0.15, -0.1) is 11.3 Å². The quantitative estimate of drug-likeness (QED) is 0.923. The number of nitrogens with zero attached hydrogens (tertiary/aromatic N) is 3. The second-order valence-corrected chi connectivity index (χ2v) is 7.97. The third-order valence-electron chi connectivity index (χ3n) is 3.91. The summed E-state index contributed by atoms with van der Waals surface area (Å²) >= 11 is 1.67. The van der Waals surface area contributed by atoms with Gasteiger partial charge in [-0.1, -0.05) is 20.8 Å². The summed E-state index contributed by atoms with van der Waals surface area (Å²) in [4.78, 5) is 26.8. The van der Waals surface area contributed by atoms with Crippen molar-refractivity contribution in [3.8, 4) is 0 Å². The van der Waals surface area contributed by atoms with E-state index in [1.807, 2.05) is 6.92 Å². The van der Waals surface area contributed by atoms with Gasteiger partial charge in [-0.05, 0) is 6.92 Å². The van der Waals surface area contributed by atoms with E-state index in [0.717, 1.165) is 47.3 Å². The summed E-state index contributed by atoms with van der Waals surface area (Å²) in [5.74, 6) is 0.778. The maximum absolute atomic E-state index is 12.4. The number of rotatable bonds is 2. The number of aryl methyl sites for hydroxylation is 1. The first-order valence-electron chi connectivity index (χ1n) is 7.59. The molecule has 0 bridgehead atoms. The highest BCUT2D eigenvalue weighted by Crippen LogP contribution is 2.21. The van der Waals surface area contributed by atoms with E-state index in [1.54, 1.807) is 11.3 Å². The molecular formula is C16H22N4OS. The number of fused-ring (bicyclic) bond motifs is 1. The van der Waals surface area contributed by atoms with E-state index >= 15 is 0 Å². The zero-order chi connectivity index (χ0) is 15.9. The minimum absolute atomic E-state index is 0.00841. The summed E-state index contributed by atoms with van der Waals surface area (Å²) in [6.07, 6.45) is 0.825. The molecule has 2 aromatic heterocycles. The standard InChI is InChI=1S/C16H22N4OS/c1-10-17-11(9-22-10)7-20-6-5-13-12(8-20)14(21)19-15(18-13)16(2,3)4/h9H,5-8H2,1-4H3,(H,18,19,21). The Hall–Kier alpha value is -1.53. The van der Waals surface area contributed by atoms with Gasteiger partial charge in [0.1, 0.15) is 5.82 Å². The van der Waals surface area contributed by atoms with Crippen LogP contribution in [0.15, 0.2) is 10.2 Å². The first-order valence-corrected chi connectivity index (χ1v) is 8.47. The molecule has 0 saturated heterocycles. The molecule has 22 heavy (non-hydrogen) atoms. The lowest BCUT2D eigenvalue weighted by molar-refractivity contribution is 0.238. The first-order chi connectivity index (χ1) is 10.3. The van der Waals surface area contributed by atoms with Crippen LogP contribution in [0.5, 0.6) is 0 Å². The topological polar surface area (TPSA) is 61.9 Å². The van der Waals surface area contributed by atoms with Gasteiger partial charge in [0.2, 0.25) is 0 Å². The summed E-state index contributed by atoms with van der Waals surface area (Å²) in [6.45, 7) is 10.6. The van der Waals surface area contributed by atoms with Gasteiger partial charge in [-0.2, -0.15) is 0 Å². The van der Waals surface area contributed by atoms with E-state index in [-0.39, 0.29) is 11.0 Å². The lowest BCUT2D eigenvalue weighted by atomic mass is 9.95. The number of aromatic nitrogens is 3. The summed E-state index contributed by atoms with van der Waals surface area (Å²) < 4.78 is 0. The summed E-state index contributed by atoms with van der Waals surface area (Å²) in [6, 6.07) is 0. The number of hydrogen-bond donors (Lipinski definition) is 1. The minimum Gasteiger partial charge on any atom is -0.310 e. The Kier molecular flexibility index (Phi) is 3.91. The predicted molar refractivity (Wildman–Crippen MR) is 88.2 cm³/mol. The zero-order valence-corrected chi connectivity index (χ0v) is 14.4. The Morgan fingerprint density at radius 1 is 1.36 bits per heavy atom. The molecule has 0 spiro atoms. The molecule has 0 radical (unpaired) electrons. The molecule has 0 amide bonds. The Bertz CT molecular complexity index is 741. The minimum atomic E-state index is -0.135. The molecule has 5 nitrogen and oxygen atoms in total. The molecule has 3 rings (SSSR count). The number of H-pyrrole nitrogens is 1. The van der Waals surface area contributed by atoms with Crippen LogP contribution in [0.3, 0.4) is 0 Å². The van der Waals surface area contributed by atoms with E-state index in [9.17, 15) is 4.79 Å². The molecule has 1 N–H and O–H groups in total. The van der Waals surface area contributed by atoms with Crippen LogP contribution in [0, 0.1) is 6.92 Å². The average molecular weight is 318 g/mol. The van der Waals surface area contributed by atoms with Crippen molar-refractivity contribution in [3.05, 3.63) is 43.5 Å². The Labute approximate surface area is 134 Å². The molecule has 6 heteroatoms. The molecule has 1 aliphatic rings. The van der Waals surface area contributed by atoms with Crippen molar-refractivity contribution in [2.75, 3.05) is 6.54 Å². The third kappa shape index (κ3) is 3.13. The average Bonchev–Trinajstić information content (AvgIpc) is 2.83. The molecule has 3 heterocycles. The van der Waals surface area contributed by atoms with Gasteiger partial charge in [0, 0.05) is 36.9 Å². The first kappa shape index (κ1) is 15.4. The highest BCUT2D eigenvalue weighted by Gasteiger charge is 2.25. The van der Waals surface area contributed by atoms with Crippen molar-refractivity contribution in [1.82, 2.24) is 19.9 Å². The van der Waals surface area contributed by atoms with Crippen LogP contribution in [0.2, 0.25) is 0 Å². The van der Waals surface area contributed by atoms with Gasteiger partial charge in [0.15, 0.2) is 0 Å². The molecule has 0 aliphatic carbocycles. The smallest absolute Gasteiger partial charge is 0.255 e. The van der Waals surface area contributed by atoms with Crippen molar-refractivity contribution in [1.29, 1.82) is 0 Å². The van der Waals surface area contributed by atoms with Gasteiger partial charge in [0.25, 0.3) is 5.56 Å². The number of nitrogens with one attached hydrogen (secondary N) is 1. The number of hydrogen-bond acceptors (Lipinski definition) is 5. The predicted octanol–water partition coefficient (Wildman–Crippen LogP) is 2.39. The monoisotopic (exact) mass is 318 g/mol. The summed E-state index contributed by atoms with van der Waals surface area (Å²) in [5.41, 5.74) is 2.73. The van der Waals surface area contributed by atoms with Crippen LogP contribution in [0.4, 0.5) is 0 Å². The van der Waals surface area contributed by atoms with Crippen molar-refractivity contribution in [2.45, 2.75) is 52.6 Å². The second-order valence-electron chi connectivity index (χ2n) is 6.91. The maximum atomic E-state index is 12.4. The molecule has 1 aliphatic heterocycles. The van der Waals surface area contributed by atoms with Crippen LogP contribution >= 0.6 is 11.3 Å². The van der Waals surface area contributed by atoms with E-state index in [1.165, 1.54) is 0 Å². The Morgan fingerprint density at radius 2 is 2.14 bits per heavy atom. The lowest BCUT2D eigenvalue weighted by Crippen LogP contribution is -2.37. The molecule has 0 aromatic carbocycles. The fourth-order valence-electron chi connectivity index (χ4n) is 2.68. The van der Waals surface area contributed by atoms with Crippen molar-refractivity contribution >= 4 is 11.3 Å². The van der Waals surface area contributed by atoms with Gasteiger partial charge >= 0.3 is 0 Å². The van der Waals surface area contributed by atoms with Crippen LogP contribution in [-0.2, 0) is 24.9 Å². The van der Waals surface area contributed by atoms with Gasteiger partial charge < -0.3 is 4.98 Å². The van der Waals surface area contributed by atoms with Crippen LogP contribution < -0.4 is 5.56 Å². The van der Waals surface area contributed by atoms with Crippen LogP contribution in [-0.4, -0.2) is 26.4 Å². The van der Waals surface area contributed by atoms with Gasteiger partial charge in [-0.3, -0.25) is 9.69 Å². The molecule has 118 valence electrons. The summed E-state index contributed by atoms with van der Waals surface area (Å²) in [7, 11) is 0. The molecule has 0 unspecified atom stereocenters. The molecular weight excluding hydrogens is 296 g/mol. The summed E-state index contributed by atoms with van der Waals surface area (Å²) in [5, 5.41) is 3.18. The van der Waals surface area contributed by atoms with E-state index in [0.29, 0.717) is 6.54 Å². The van der Waals surface area contributed by atoms with Crippen molar-refractivity contribution in [3.63, 3.8) is 0 Å². The van der Waals surface area contributed by atoms with E-state index < -0.39 is 0 Å². The van der Waals surface area contributed by atoms with Crippen LogP contribution in [0.25, 0.3) is 0 Å². The van der Waals surface area contributed by atoms with Crippen molar-refractivity contribution < 1.29 is 0 Å². The molecule has 0 saturated carbocycles. The Morgan fingerprint density at radius 3 is 2.77 bits per heavy atom. The fraction of sp³-hybridized carbons (Fsp3) is 0.562. The fourth-order valence-corrected chi connectivity index (χ4v) is 3.28. The molecule has 2 aromatic rings. The normalized spacial score (nSPS) is 15.8. The highest BCUT2D eigenvalue weighted by molar-refractivity contribution is 7.09. The SMILES string of the molecule is Cc1nc(CN2CCc3nc(C(C)(C)C)[nH]c(=O)c3C2)cs1. The van der Waals surface area contributed by atoms with Gasteiger partial charge in [0.05, 0.1) is 22.0 Å². The van der Waals surface area contributed by atoms with E-state index in [4.69, 9.17) is 4.98 Å². The molecule has 0 atom stereocenters. The zero-order valence-electron chi connectivity index (χ0n) is 13.6. The maximum Gasteiger partial charge on any atom is 0.255 e.